The zero-order chi connectivity index (χ0) is 14.2. The molecule has 1 N–H and O–H groups in total. The molecule has 4 nitrogen and oxygen atoms in total. The minimum Gasteiger partial charge on any atom is -0.274 e. The molecule has 0 aliphatic heterocycles. The molecule has 0 bridgehead atoms. The first-order chi connectivity index (χ1) is 8.78. The number of sulfonamides is 1. The Morgan fingerprint density at radius 2 is 2.00 bits per heavy atom. The zero-order valence-corrected chi connectivity index (χ0v) is 12.3. The van der Waals surface area contributed by atoms with E-state index < -0.39 is 10.0 Å². The number of amides is 1. The topological polar surface area (TPSA) is 63.2 Å². The van der Waals surface area contributed by atoms with E-state index in [1.165, 1.54) is 0 Å². The first-order valence-corrected chi connectivity index (χ1v) is 8.04. The SMILES string of the molecule is Cc1ccc(C)c(CS(=O)(=O)NC(=O)[C@@H]2C[C@@H]2C)c1. The third-order valence-electron chi connectivity index (χ3n) is 3.55. The maximum absolute atomic E-state index is 12.0. The van der Waals surface area contributed by atoms with E-state index in [1.54, 1.807) is 0 Å². The highest BCUT2D eigenvalue weighted by atomic mass is 32.2. The summed E-state index contributed by atoms with van der Waals surface area (Å²) in [5.41, 5.74) is 2.67. The molecule has 104 valence electrons. The molecule has 1 fully saturated rings. The highest BCUT2D eigenvalue weighted by Gasteiger charge is 2.40. The lowest BCUT2D eigenvalue weighted by atomic mass is 10.1. The minimum atomic E-state index is -3.60. The second-order valence-electron chi connectivity index (χ2n) is 5.47. The summed E-state index contributed by atoms with van der Waals surface area (Å²) in [7, 11) is -3.60. The Kier molecular flexibility index (Phi) is 3.67. The van der Waals surface area contributed by atoms with Crippen LogP contribution in [0.15, 0.2) is 18.2 Å². The highest BCUT2D eigenvalue weighted by Crippen LogP contribution is 2.37. The van der Waals surface area contributed by atoms with Gasteiger partial charge >= 0.3 is 0 Å². The van der Waals surface area contributed by atoms with Crippen LogP contribution in [0.1, 0.15) is 30.0 Å². The Bertz CT molecular complexity index is 607. The van der Waals surface area contributed by atoms with Crippen molar-refractivity contribution in [1.82, 2.24) is 4.72 Å². The molecule has 1 aliphatic carbocycles. The Balaban J connectivity index is 2.08. The van der Waals surface area contributed by atoms with Crippen molar-refractivity contribution >= 4 is 15.9 Å². The molecule has 1 aliphatic rings. The van der Waals surface area contributed by atoms with E-state index in [0.29, 0.717) is 5.92 Å². The van der Waals surface area contributed by atoms with Crippen LogP contribution < -0.4 is 4.72 Å². The van der Waals surface area contributed by atoms with E-state index in [1.807, 2.05) is 39.0 Å². The van der Waals surface area contributed by atoms with Crippen LogP contribution in [0.25, 0.3) is 0 Å². The predicted octanol–water partition coefficient (Wildman–Crippen LogP) is 1.91. The summed E-state index contributed by atoms with van der Waals surface area (Å²) in [5, 5.41) is 0. The fraction of sp³-hybridized carbons (Fsp3) is 0.500. The molecule has 0 unspecified atom stereocenters. The Morgan fingerprint density at radius 3 is 2.58 bits per heavy atom. The summed E-state index contributed by atoms with van der Waals surface area (Å²) < 4.78 is 26.1. The summed E-state index contributed by atoms with van der Waals surface area (Å²) in [6.07, 6.45) is 0.783. The van der Waals surface area contributed by atoms with E-state index in [-0.39, 0.29) is 17.6 Å². The largest absolute Gasteiger partial charge is 0.274 e. The molecule has 0 saturated heterocycles. The van der Waals surface area contributed by atoms with Crippen molar-refractivity contribution in [1.29, 1.82) is 0 Å². The molecule has 0 heterocycles. The molecule has 0 radical (unpaired) electrons. The number of carbonyl (C=O) groups is 1. The molecule has 0 spiro atoms. The summed E-state index contributed by atoms with van der Waals surface area (Å²) in [6, 6.07) is 5.68. The van der Waals surface area contributed by atoms with E-state index in [4.69, 9.17) is 0 Å². The summed E-state index contributed by atoms with van der Waals surface area (Å²) in [6.45, 7) is 5.73. The Morgan fingerprint density at radius 1 is 1.37 bits per heavy atom. The lowest BCUT2D eigenvalue weighted by molar-refractivity contribution is -0.120. The molecule has 1 saturated carbocycles. The number of hydrogen-bond acceptors (Lipinski definition) is 3. The van der Waals surface area contributed by atoms with Gasteiger partial charge < -0.3 is 0 Å². The van der Waals surface area contributed by atoms with Gasteiger partial charge in [0.05, 0.1) is 5.75 Å². The number of aryl methyl sites for hydroxylation is 2. The van der Waals surface area contributed by atoms with E-state index >= 15 is 0 Å². The molecule has 1 aromatic carbocycles. The van der Waals surface area contributed by atoms with Crippen LogP contribution in [-0.2, 0) is 20.6 Å². The third kappa shape index (κ3) is 3.56. The van der Waals surface area contributed by atoms with Crippen LogP contribution in [0.2, 0.25) is 0 Å². The number of rotatable bonds is 4. The van der Waals surface area contributed by atoms with E-state index in [9.17, 15) is 13.2 Å². The molecular weight excluding hydrogens is 262 g/mol. The van der Waals surface area contributed by atoms with E-state index in [2.05, 4.69) is 4.72 Å². The van der Waals surface area contributed by atoms with Gasteiger partial charge in [0.15, 0.2) is 0 Å². The fourth-order valence-corrected chi connectivity index (χ4v) is 3.36. The highest BCUT2D eigenvalue weighted by molar-refractivity contribution is 7.89. The molecule has 2 atom stereocenters. The predicted molar refractivity (Wildman–Crippen MR) is 74.0 cm³/mol. The first kappa shape index (κ1) is 14.1. The maximum atomic E-state index is 12.0. The van der Waals surface area contributed by atoms with Gasteiger partial charge in [0, 0.05) is 5.92 Å². The average Bonchev–Trinajstić information content (AvgIpc) is 3.00. The van der Waals surface area contributed by atoms with Gasteiger partial charge in [0.1, 0.15) is 0 Å². The first-order valence-electron chi connectivity index (χ1n) is 6.39. The van der Waals surface area contributed by atoms with Crippen LogP contribution in [0.3, 0.4) is 0 Å². The molecule has 2 rings (SSSR count). The van der Waals surface area contributed by atoms with Gasteiger partial charge in [0.2, 0.25) is 15.9 Å². The second-order valence-corrected chi connectivity index (χ2v) is 7.20. The molecular formula is C14H19NO3S. The minimum absolute atomic E-state index is 0.131. The Labute approximate surface area is 114 Å². The van der Waals surface area contributed by atoms with Crippen LogP contribution in [0, 0.1) is 25.7 Å². The molecule has 0 aromatic heterocycles. The van der Waals surface area contributed by atoms with Gasteiger partial charge in [-0.25, -0.2) is 8.42 Å². The smallest absolute Gasteiger partial charge is 0.239 e. The van der Waals surface area contributed by atoms with Crippen molar-refractivity contribution in [3.05, 3.63) is 34.9 Å². The van der Waals surface area contributed by atoms with Gasteiger partial charge in [-0.15, -0.1) is 0 Å². The van der Waals surface area contributed by atoms with Gasteiger partial charge in [-0.2, -0.15) is 0 Å². The van der Waals surface area contributed by atoms with Crippen molar-refractivity contribution in [3.63, 3.8) is 0 Å². The molecule has 1 amide bonds. The van der Waals surface area contributed by atoms with Crippen LogP contribution in [0.5, 0.6) is 0 Å². The van der Waals surface area contributed by atoms with Gasteiger partial charge in [-0.3, -0.25) is 9.52 Å². The van der Waals surface area contributed by atoms with Crippen molar-refractivity contribution < 1.29 is 13.2 Å². The van der Waals surface area contributed by atoms with Crippen molar-refractivity contribution in [2.24, 2.45) is 11.8 Å². The summed E-state index contributed by atoms with van der Waals surface area (Å²) in [5.74, 6) is -0.338. The van der Waals surface area contributed by atoms with E-state index in [0.717, 1.165) is 23.1 Å². The van der Waals surface area contributed by atoms with Gasteiger partial charge in [-0.1, -0.05) is 30.7 Å². The number of benzene rings is 1. The molecule has 5 heteroatoms. The quantitative estimate of drug-likeness (QED) is 0.917. The fourth-order valence-electron chi connectivity index (χ4n) is 2.11. The number of nitrogens with one attached hydrogen (secondary N) is 1. The maximum Gasteiger partial charge on any atom is 0.239 e. The number of carbonyl (C=O) groups excluding carboxylic acids is 1. The Hall–Kier alpha value is -1.36. The lowest BCUT2D eigenvalue weighted by Crippen LogP contribution is -2.33. The third-order valence-corrected chi connectivity index (χ3v) is 4.76. The summed E-state index contributed by atoms with van der Waals surface area (Å²) in [4.78, 5) is 11.7. The molecule has 1 aromatic rings. The van der Waals surface area contributed by atoms with Crippen molar-refractivity contribution in [2.45, 2.75) is 32.9 Å². The standard InChI is InChI=1S/C14H19NO3S/c1-9-4-5-10(2)12(6-9)8-19(17,18)15-14(16)13-7-11(13)3/h4-6,11,13H,7-8H2,1-3H3,(H,15,16)/t11-,13+/m0/s1. The average molecular weight is 281 g/mol. The van der Waals surface area contributed by atoms with Crippen LogP contribution >= 0.6 is 0 Å². The molecule has 19 heavy (non-hydrogen) atoms. The second kappa shape index (κ2) is 4.96. The normalized spacial score (nSPS) is 22.1. The monoisotopic (exact) mass is 281 g/mol. The van der Waals surface area contributed by atoms with Gasteiger partial charge in [-0.05, 0) is 37.3 Å². The van der Waals surface area contributed by atoms with Gasteiger partial charge in [0.25, 0.3) is 0 Å². The van der Waals surface area contributed by atoms with Crippen molar-refractivity contribution in [2.75, 3.05) is 0 Å². The number of hydrogen-bond donors (Lipinski definition) is 1. The van der Waals surface area contributed by atoms with Crippen molar-refractivity contribution in [3.8, 4) is 0 Å². The lowest BCUT2D eigenvalue weighted by Gasteiger charge is -2.09. The van der Waals surface area contributed by atoms with Crippen LogP contribution in [0.4, 0.5) is 0 Å². The zero-order valence-electron chi connectivity index (χ0n) is 11.4. The van der Waals surface area contributed by atoms with Crippen LogP contribution in [-0.4, -0.2) is 14.3 Å². The summed E-state index contributed by atoms with van der Waals surface area (Å²) >= 11 is 0.